The van der Waals surface area contributed by atoms with E-state index in [2.05, 4.69) is 10.2 Å². The molecule has 0 unspecified atom stereocenters. The Bertz CT molecular complexity index is 1210. The highest BCUT2D eigenvalue weighted by Gasteiger charge is 2.25. The minimum Gasteiger partial charge on any atom is -0.455 e. The van der Waals surface area contributed by atoms with Gasteiger partial charge in [-0.2, -0.15) is 4.31 Å². The fourth-order valence-corrected chi connectivity index (χ4v) is 4.92. The number of carbonyl (C=O) groups excluding carboxylic acids is 1. The van der Waals surface area contributed by atoms with Gasteiger partial charge in [-0.3, -0.25) is 9.69 Å². The molecule has 1 fully saturated rings. The molecular formula is C26H29N3O4S. The average Bonchev–Trinajstić information content (AvgIpc) is 2.86. The highest BCUT2D eigenvalue weighted by atomic mass is 32.2. The monoisotopic (exact) mass is 479 g/mol. The van der Waals surface area contributed by atoms with Crippen molar-refractivity contribution in [3.63, 3.8) is 0 Å². The predicted molar refractivity (Wildman–Crippen MR) is 134 cm³/mol. The SMILES string of the molecule is CCS(=O)(=O)N1CCN(Cc2ccc(C(=O)Nc3ccccc3Oc3ccccc3)cc2)CC1. The van der Waals surface area contributed by atoms with Gasteiger partial charge in [0, 0.05) is 38.3 Å². The number of rotatable bonds is 8. The van der Waals surface area contributed by atoms with E-state index in [-0.39, 0.29) is 11.7 Å². The summed E-state index contributed by atoms with van der Waals surface area (Å²) >= 11 is 0. The molecule has 1 N–H and O–H groups in total. The third-order valence-electron chi connectivity index (χ3n) is 5.82. The van der Waals surface area contributed by atoms with E-state index >= 15 is 0 Å². The van der Waals surface area contributed by atoms with Gasteiger partial charge in [-0.15, -0.1) is 0 Å². The smallest absolute Gasteiger partial charge is 0.255 e. The van der Waals surface area contributed by atoms with Crippen LogP contribution in [0.25, 0.3) is 0 Å². The number of hydrogen-bond donors (Lipinski definition) is 1. The molecule has 0 saturated carbocycles. The molecule has 0 atom stereocenters. The molecule has 0 radical (unpaired) electrons. The first-order valence-corrected chi connectivity index (χ1v) is 13.0. The first-order valence-electron chi connectivity index (χ1n) is 11.4. The lowest BCUT2D eigenvalue weighted by Crippen LogP contribution is -2.48. The number of piperazine rings is 1. The topological polar surface area (TPSA) is 79.0 Å². The van der Waals surface area contributed by atoms with E-state index in [9.17, 15) is 13.2 Å². The molecule has 0 aromatic heterocycles. The van der Waals surface area contributed by atoms with Gasteiger partial charge < -0.3 is 10.1 Å². The van der Waals surface area contributed by atoms with Crippen LogP contribution in [0.15, 0.2) is 78.9 Å². The Morgan fingerprint density at radius 3 is 2.21 bits per heavy atom. The minimum absolute atomic E-state index is 0.138. The lowest BCUT2D eigenvalue weighted by Gasteiger charge is -2.33. The number of sulfonamides is 1. The molecule has 0 bridgehead atoms. The van der Waals surface area contributed by atoms with Crippen LogP contribution in [0, 0.1) is 0 Å². The van der Waals surface area contributed by atoms with Crippen LogP contribution < -0.4 is 10.1 Å². The molecule has 3 aromatic carbocycles. The van der Waals surface area contributed by atoms with Crippen molar-refractivity contribution in [1.29, 1.82) is 0 Å². The van der Waals surface area contributed by atoms with Crippen LogP contribution in [0.2, 0.25) is 0 Å². The van der Waals surface area contributed by atoms with E-state index in [1.807, 2.05) is 78.9 Å². The molecule has 1 saturated heterocycles. The Morgan fingerprint density at radius 2 is 1.53 bits per heavy atom. The van der Waals surface area contributed by atoms with Crippen LogP contribution in [0.1, 0.15) is 22.8 Å². The van der Waals surface area contributed by atoms with Crippen molar-refractivity contribution in [2.75, 3.05) is 37.2 Å². The van der Waals surface area contributed by atoms with E-state index in [0.717, 1.165) is 12.1 Å². The second-order valence-corrected chi connectivity index (χ2v) is 10.4. The first-order chi connectivity index (χ1) is 16.4. The summed E-state index contributed by atoms with van der Waals surface area (Å²) in [7, 11) is -3.13. The standard InChI is InChI=1S/C26H29N3O4S/c1-2-34(31,32)29-18-16-28(17-19-29)20-21-12-14-22(15-13-21)26(30)27-24-10-6-7-11-25(24)33-23-8-4-3-5-9-23/h3-15H,2,16-20H2,1H3,(H,27,30). The van der Waals surface area contributed by atoms with Crippen molar-refractivity contribution in [2.24, 2.45) is 0 Å². The van der Waals surface area contributed by atoms with E-state index in [1.54, 1.807) is 11.2 Å². The molecule has 8 heteroatoms. The third kappa shape index (κ3) is 6.02. The summed E-state index contributed by atoms with van der Waals surface area (Å²) in [5.41, 5.74) is 2.23. The molecule has 4 rings (SSSR count). The highest BCUT2D eigenvalue weighted by molar-refractivity contribution is 7.89. The summed E-state index contributed by atoms with van der Waals surface area (Å²) in [5.74, 6) is 1.19. The molecule has 7 nitrogen and oxygen atoms in total. The van der Waals surface area contributed by atoms with E-state index in [1.165, 1.54) is 0 Å². The highest BCUT2D eigenvalue weighted by Crippen LogP contribution is 2.29. The van der Waals surface area contributed by atoms with E-state index in [0.29, 0.717) is 48.9 Å². The van der Waals surface area contributed by atoms with Crippen LogP contribution in [-0.2, 0) is 16.6 Å². The number of amides is 1. The number of hydrogen-bond acceptors (Lipinski definition) is 5. The normalized spacial score (nSPS) is 15.1. The van der Waals surface area contributed by atoms with Gasteiger partial charge in [-0.05, 0) is 48.9 Å². The van der Waals surface area contributed by atoms with Crippen molar-refractivity contribution < 1.29 is 17.9 Å². The van der Waals surface area contributed by atoms with Crippen molar-refractivity contribution in [3.8, 4) is 11.5 Å². The number of ether oxygens (including phenoxy) is 1. The molecule has 1 amide bonds. The van der Waals surface area contributed by atoms with Gasteiger partial charge in [-0.25, -0.2) is 8.42 Å². The van der Waals surface area contributed by atoms with Crippen LogP contribution in [0.3, 0.4) is 0 Å². The second-order valence-electron chi connectivity index (χ2n) is 8.14. The summed E-state index contributed by atoms with van der Waals surface area (Å²) in [6.45, 7) is 4.81. The summed E-state index contributed by atoms with van der Waals surface area (Å²) in [4.78, 5) is 15.1. The zero-order chi connectivity index (χ0) is 24.0. The minimum atomic E-state index is -3.13. The molecule has 0 aliphatic carbocycles. The fraction of sp³-hybridized carbons (Fsp3) is 0.269. The van der Waals surface area contributed by atoms with Gasteiger partial charge in [0.1, 0.15) is 5.75 Å². The molecule has 1 aliphatic rings. The van der Waals surface area contributed by atoms with Crippen LogP contribution in [-0.4, -0.2) is 55.5 Å². The maximum absolute atomic E-state index is 12.8. The molecular weight excluding hydrogens is 450 g/mol. The van der Waals surface area contributed by atoms with Crippen LogP contribution in [0.4, 0.5) is 5.69 Å². The van der Waals surface area contributed by atoms with E-state index in [4.69, 9.17) is 4.74 Å². The fourth-order valence-electron chi connectivity index (χ4n) is 3.84. The van der Waals surface area contributed by atoms with Crippen LogP contribution >= 0.6 is 0 Å². The predicted octanol–water partition coefficient (Wildman–Crippen LogP) is 4.20. The zero-order valence-corrected chi connectivity index (χ0v) is 20.0. The number of nitrogens with one attached hydrogen (secondary N) is 1. The molecule has 3 aromatic rings. The molecule has 1 heterocycles. The number of para-hydroxylation sites is 3. The van der Waals surface area contributed by atoms with Gasteiger partial charge in [0.15, 0.2) is 5.75 Å². The second kappa shape index (κ2) is 10.8. The Balaban J connectivity index is 1.35. The summed E-state index contributed by atoms with van der Waals surface area (Å²) < 4.78 is 31.5. The summed E-state index contributed by atoms with van der Waals surface area (Å²) in [5, 5.41) is 2.94. The van der Waals surface area contributed by atoms with Crippen LogP contribution in [0.5, 0.6) is 11.5 Å². The van der Waals surface area contributed by atoms with Gasteiger partial charge >= 0.3 is 0 Å². The van der Waals surface area contributed by atoms with Crippen molar-refractivity contribution in [3.05, 3.63) is 90.0 Å². The first kappa shape index (κ1) is 23.9. The summed E-state index contributed by atoms with van der Waals surface area (Å²) in [6, 6.07) is 24.3. The van der Waals surface area contributed by atoms with Gasteiger partial charge in [0.2, 0.25) is 10.0 Å². The number of carbonyl (C=O) groups is 1. The van der Waals surface area contributed by atoms with Gasteiger partial charge in [0.25, 0.3) is 5.91 Å². The lowest BCUT2D eigenvalue weighted by atomic mass is 10.1. The quantitative estimate of drug-likeness (QED) is 0.524. The van der Waals surface area contributed by atoms with Crippen molar-refractivity contribution >= 4 is 21.6 Å². The Kier molecular flexibility index (Phi) is 7.62. The Morgan fingerprint density at radius 1 is 0.882 bits per heavy atom. The maximum Gasteiger partial charge on any atom is 0.255 e. The van der Waals surface area contributed by atoms with Gasteiger partial charge in [0.05, 0.1) is 11.4 Å². The largest absolute Gasteiger partial charge is 0.455 e. The lowest BCUT2D eigenvalue weighted by molar-refractivity contribution is 0.102. The van der Waals surface area contributed by atoms with E-state index < -0.39 is 10.0 Å². The molecule has 0 spiro atoms. The molecule has 178 valence electrons. The zero-order valence-electron chi connectivity index (χ0n) is 19.2. The summed E-state index contributed by atoms with van der Waals surface area (Å²) in [6.07, 6.45) is 0. The number of benzene rings is 3. The average molecular weight is 480 g/mol. The van der Waals surface area contributed by atoms with Gasteiger partial charge in [-0.1, -0.05) is 42.5 Å². The van der Waals surface area contributed by atoms with Crippen molar-refractivity contribution in [1.82, 2.24) is 9.21 Å². The molecule has 34 heavy (non-hydrogen) atoms. The Hall–Kier alpha value is -3.20. The van der Waals surface area contributed by atoms with Crippen molar-refractivity contribution in [2.45, 2.75) is 13.5 Å². The number of nitrogens with zero attached hydrogens (tertiary/aromatic N) is 2. The Labute approximate surface area is 201 Å². The third-order valence-corrected chi connectivity index (χ3v) is 7.70. The number of anilines is 1. The molecule has 1 aliphatic heterocycles. The maximum atomic E-state index is 12.8.